The average molecular weight is 446 g/mol. The van der Waals surface area contributed by atoms with Gasteiger partial charge in [-0.2, -0.15) is 5.10 Å². The Morgan fingerprint density at radius 3 is 2.73 bits per heavy atom. The molecule has 172 valence electrons. The van der Waals surface area contributed by atoms with Crippen LogP contribution in [0.4, 0.5) is 5.82 Å². The SMILES string of the molecule is CC(=O)N1CCc2c(c(-c3cccc4cc(N5CCCC5)ncc34)nn2C2CCOCC2)C1. The van der Waals surface area contributed by atoms with E-state index >= 15 is 0 Å². The number of nitrogens with zero attached hydrogens (tertiary/aromatic N) is 5. The molecule has 0 spiro atoms. The average Bonchev–Trinajstić information content (AvgIpc) is 3.52. The minimum absolute atomic E-state index is 0.125. The Kier molecular flexibility index (Phi) is 5.29. The number of fused-ring (bicyclic) bond motifs is 2. The molecular weight excluding hydrogens is 414 g/mol. The number of hydrogen-bond acceptors (Lipinski definition) is 5. The lowest BCUT2D eigenvalue weighted by atomic mass is 9.97. The number of aromatic nitrogens is 3. The lowest BCUT2D eigenvalue weighted by molar-refractivity contribution is -0.129. The standard InChI is InChI=1S/C26H31N5O2/c1-18(32)30-12-7-24-23(17-30)26(28-31(24)20-8-13-33-14-9-20)21-6-4-5-19-15-25(27-16-22(19)21)29-10-2-3-11-29/h4-6,15-16,20H,2-3,7-14,17H2,1H3. The Morgan fingerprint density at radius 1 is 1.12 bits per heavy atom. The first-order valence-corrected chi connectivity index (χ1v) is 12.3. The van der Waals surface area contributed by atoms with Gasteiger partial charge in [-0.15, -0.1) is 0 Å². The van der Waals surface area contributed by atoms with Crippen LogP contribution in [0.25, 0.3) is 22.0 Å². The van der Waals surface area contributed by atoms with E-state index in [9.17, 15) is 4.79 Å². The first kappa shape index (κ1) is 20.7. The van der Waals surface area contributed by atoms with Gasteiger partial charge in [-0.1, -0.05) is 18.2 Å². The molecule has 7 nitrogen and oxygen atoms in total. The summed E-state index contributed by atoms with van der Waals surface area (Å²) in [7, 11) is 0. The zero-order valence-electron chi connectivity index (χ0n) is 19.3. The molecule has 2 aromatic heterocycles. The highest BCUT2D eigenvalue weighted by atomic mass is 16.5. The van der Waals surface area contributed by atoms with E-state index in [2.05, 4.69) is 33.8 Å². The van der Waals surface area contributed by atoms with Gasteiger partial charge in [0.15, 0.2) is 0 Å². The predicted molar refractivity (Wildman–Crippen MR) is 128 cm³/mol. The third-order valence-corrected chi connectivity index (χ3v) is 7.50. The van der Waals surface area contributed by atoms with Gasteiger partial charge >= 0.3 is 0 Å². The number of rotatable bonds is 3. The van der Waals surface area contributed by atoms with Crippen molar-refractivity contribution in [3.8, 4) is 11.3 Å². The lowest BCUT2D eigenvalue weighted by Crippen LogP contribution is -2.35. The van der Waals surface area contributed by atoms with Gasteiger partial charge < -0.3 is 14.5 Å². The van der Waals surface area contributed by atoms with E-state index in [1.54, 1.807) is 6.92 Å². The van der Waals surface area contributed by atoms with E-state index in [1.807, 2.05) is 11.1 Å². The molecule has 1 amide bonds. The molecule has 33 heavy (non-hydrogen) atoms. The van der Waals surface area contributed by atoms with Gasteiger partial charge in [0.1, 0.15) is 5.82 Å². The fourth-order valence-corrected chi connectivity index (χ4v) is 5.65. The molecule has 2 fully saturated rings. The molecule has 0 N–H and O–H groups in total. The van der Waals surface area contributed by atoms with Gasteiger partial charge in [-0.25, -0.2) is 4.98 Å². The molecule has 3 aliphatic rings. The summed E-state index contributed by atoms with van der Waals surface area (Å²) in [6.07, 6.45) is 7.32. The highest BCUT2D eigenvalue weighted by Crippen LogP contribution is 2.37. The monoisotopic (exact) mass is 445 g/mol. The quantitative estimate of drug-likeness (QED) is 0.611. The maximum absolute atomic E-state index is 12.2. The number of anilines is 1. The van der Waals surface area contributed by atoms with Crippen molar-refractivity contribution >= 4 is 22.5 Å². The van der Waals surface area contributed by atoms with Crippen LogP contribution in [0.3, 0.4) is 0 Å². The molecule has 0 radical (unpaired) electrons. The van der Waals surface area contributed by atoms with Crippen molar-refractivity contribution in [2.45, 2.75) is 51.6 Å². The first-order chi connectivity index (χ1) is 16.2. The topological polar surface area (TPSA) is 63.5 Å². The van der Waals surface area contributed by atoms with E-state index in [-0.39, 0.29) is 5.91 Å². The second-order valence-corrected chi connectivity index (χ2v) is 9.52. The van der Waals surface area contributed by atoms with Crippen LogP contribution in [0, 0.1) is 0 Å². The van der Waals surface area contributed by atoms with Crippen molar-refractivity contribution in [3.05, 3.63) is 41.7 Å². The molecule has 0 saturated carbocycles. The Morgan fingerprint density at radius 2 is 1.94 bits per heavy atom. The molecule has 0 aliphatic carbocycles. The second kappa shape index (κ2) is 8.45. The van der Waals surface area contributed by atoms with Crippen molar-refractivity contribution < 1.29 is 9.53 Å². The fraction of sp³-hybridized carbons (Fsp3) is 0.500. The first-order valence-electron chi connectivity index (χ1n) is 12.3. The minimum atomic E-state index is 0.125. The summed E-state index contributed by atoms with van der Waals surface area (Å²) < 4.78 is 7.87. The zero-order valence-corrected chi connectivity index (χ0v) is 19.3. The molecule has 3 aliphatic heterocycles. The highest BCUT2D eigenvalue weighted by molar-refractivity contribution is 5.97. The van der Waals surface area contributed by atoms with Crippen LogP contribution in [0.15, 0.2) is 30.5 Å². The molecular formula is C26H31N5O2. The molecule has 3 aromatic rings. The van der Waals surface area contributed by atoms with Gasteiger partial charge in [0.25, 0.3) is 0 Å². The highest BCUT2D eigenvalue weighted by Gasteiger charge is 2.30. The number of carbonyl (C=O) groups is 1. The molecule has 0 bridgehead atoms. The maximum Gasteiger partial charge on any atom is 0.219 e. The summed E-state index contributed by atoms with van der Waals surface area (Å²) in [6, 6.07) is 9.03. The Hall–Kier alpha value is -2.93. The number of amides is 1. The summed E-state index contributed by atoms with van der Waals surface area (Å²) in [6.45, 7) is 6.78. The molecule has 5 heterocycles. The van der Waals surface area contributed by atoms with Crippen LogP contribution in [0.1, 0.15) is 49.9 Å². The number of carbonyl (C=O) groups excluding carboxylic acids is 1. The summed E-state index contributed by atoms with van der Waals surface area (Å²) >= 11 is 0. The van der Waals surface area contributed by atoms with E-state index in [0.717, 1.165) is 74.6 Å². The molecule has 1 aromatic carbocycles. The predicted octanol–water partition coefficient (Wildman–Crippen LogP) is 3.95. The normalized spacial score (nSPS) is 19.3. The van der Waals surface area contributed by atoms with Crippen molar-refractivity contribution in [3.63, 3.8) is 0 Å². The molecule has 6 rings (SSSR count). The minimum Gasteiger partial charge on any atom is -0.381 e. The summed E-state index contributed by atoms with van der Waals surface area (Å²) in [5.74, 6) is 1.19. The van der Waals surface area contributed by atoms with Gasteiger partial charge in [-0.3, -0.25) is 9.48 Å². The van der Waals surface area contributed by atoms with Gasteiger partial charge in [0.05, 0.1) is 11.7 Å². The van der Waals surface area contributed by atoms with Gasteiger partial charge in [0, 0.05) is 81.1 Å². The van der Waals surface area contributed by atoms with Crippen molar-refractivity contribution in [2.24, 2.45) is 0 Å². The van der Waals surface area contributed by atoms with Crippen LogP contribution >= 0.6 is 0 Å². The Labute approximate surface area is 194 Å². The van der Waals surface area contributed by atoms with E-state index < -0.39 is 0 Å². The molecule has 2 saturated heterocycles. The number of ether oxygens (including phenoxy) is 1. The lowest BCUT2D eigenvalue weighted by Gasteiger charge is -2.29. The van der Waals surface area contributed by atoms with Crippen LogP contribution in [-0.2, 0) is 22.5 Å². The van der Waals surface area contributed by atoms with E-state index in [1.165, 1.54) is 29.5 Å². The summed E-state index contributed by atoms with van der Waals surface area (Å²) in [5.41, 5.74) is 4.59. The third-order valence-electron chi connectivity index (χ3n) is 7.50. The second-order valence-electron chi connectivity index (χ2n) is 9.52. The summed E-state index contributed by atoms with van der Waals surface area (Å²) in [4.78, 5) is 21.4. The van der Waals surface area contributed by atoms with Crippen LogP contribution in [-0.4, -0.2) is 58.4 Å². The van der Waals surface area contributed by atoms with Crippen LogP contribution in [0.5, 0.6) is 0 Å². The fourth-order valence-electron chi connectivity index (χ4n) is 5.65. The zero-order chi connectivity index (χ0) is 22.4. The van der Waals surface area contributed by atoms with Crippen molar-refractivity contribution in [1.29, 1.82) is 0 Å². The number of benzene rings is 1. The van der Waals surface area contributed by atoms with E-state index in [4.69, 9.17) is 14.8 Å². The smallest absolute Gasteiger partial charge is 0.219 e. The third kappa shape index (κ3) is 3.68. The maximum atomic E-state index is 12.2. The van der Waals surface area contributed by atoms with Crippen molar-refractivity contribution in [1.82, 2.24) is 19.7 Å². The molecule has 0 atom stereocenters. The summed E-state index contributed by atoms with van der Waals surface area (Å²) in [5, 5.41) is 7.53. The van der Waals surface area contributed by atoms with Crippen LogP contribution in [0.2, 0.25) is 0 Å². The largest absolute Gasteiger partial charge is 0.381 e. The molecule has 0 unspecified atom stereocenters. The van der Waals surface area contributed by atoms with Gasteiger partial charge in [-0.05, 0) is 37.1 Å². The number of pyridine rings is 1. The Balaban J connectivity index is 1.47. The Bertz CT molecular complexity index is 1190. The van der Waals surface area contributed by atoms with E-state index in [0.29, 0.717) is 12.6 Å². The van der Waals surface area contributed by atoms with Crippen molar-refractivity contribution in [2.75, 3.05) is 37.7 Å². The van der Waals surface area contributed by atoms with Gasteiger partial charge in [0.2, 0.25) is 5.91 Å². The molecule has 7 heteroatoms. The number of hydrogen-bond donors (Lipinski definition) is 0. The van der Waals surface area contributed by atoms with Crippen LogP contribution < -0.4 is 4.90 Å².